The van der Waals surface area contributed by atoms with E-state index >= 15 is 0 Å². The van der Waals surface area contributed by atoms with Gasteiger partial charge in [0.25, 0.3) is 0 Å². The topological polar surface area (TPSA) is 26.3 Å². The van der Waals surface area contributed by atoms with Crippen molar-refractivity contribution in [1.82, 2.24) is 0 Å². The van der Waals surface area contributed by atoms with Gasteiger partial charge in [0.15, 0.2) is 5.78 Å². The Balaban J connectivity index is 2.99. The third-order valence-corrected chi connectivity index (χ3v) is 3.99. The summed E-state index contributed by atoms with van der Waals surface area (Å²) in [6.45, 7) is 8.28. The molecule has 1 aliphatic carbocycles. The molecule has 0 aromatic carbocycles. The van der Waals surface area contributed by atoms with Crippen LogP contribution < -0.4 is 0 Å². The minimum Gasteiger partial charge on any atom is -0.370 e. The van der Waals surface area contributed by atoms with E-state index in [0.717, 1.165) is 12.8 Å². The van der Waals surface area contributed by atoms with Crippen LogP contribution in [0, 0.1) is 17.8 Å². The predicted molar refractivity (Wildman–Crippen MR) is 61.8 cm³/mol. The number of carbonyl (C=O) groups excluding carboxylic acids is 1. The summed E-state index contributed by atoms with van der Waals surface area (Å²) < 4.78 is 5.64. The van der Waals surface area contributed by atoms with Crippen molar-refractivity contribution in [2.24, 2.45) is 17.8 Å². The van der Waals surface area contributed by atoms with Crippen LogP contribution in [0.25, 0.3) is 0 Å². The fraction of sp³-hybridized carbons (Fsp3) is 0.923. The fourth-order valence-corrected chi connectivity index (χ4v) is 3.12. The summed E-state index contributed by atoms with van der Waals surface area (Å²) in [5.41, 5.74) is -0.508. The number of ketones is 1. The number of hydrogen-bond donors (Lipinski definition) is 0. The van der Waals surface area contributed by atoms with Crippen molar-refractivity contribution in [2.45, 2.75) is 52.6 Å². The first-order valence-electron chi connectivity index (χ1n) is 6.00. The summed E-state index contributed by atoms with van der Waals surface area (Å²) in [5, 5.41) is 0. The molecule has 0 aromatic heterocycles. The van der Waals surface area contributed by atoms with Crippen LogP contribution in [0.5, 0.6) is 0 Å². The standard InChI is InChI=1S/C13H24O2/c1-9(2)12-7-6-10(3)8-13(12,15-5)11(4)14/h9-10,12H,6-8H2,1-5H3. The third-order valence-electron chi connectivity index (χ3n) is 3.99. The molecule has 0 spiro atoms. The minimum atomic E-state index is -0.508. The van der Waals surface area contributed by atoms with Crippen molar-refractivity contribution in [2.75, 3.05) is 7.11 Å². The lowest BCUT2D eigenvalue weighted by Gasteiger charge is -2.45. The summed E-state index contributed by atoms with van der Waals surface area (Å²) in [4.78, 5) is 11.9. The highest BCUT2D eigenvalue weighted by Gasteiger charge is 2.48. The number of rotatable bonds is 3. The highest BCUT2D eigenvalue weighted by molar-refractivity contribution is 5.85. The molecular weight excluding hydrogens is 188 g/mol. The molecule has 0 saturated heterocycles. The maximum Gasteiger partial charge on any atom is 0.161 e. The monoisotopic (exact) mass is 212 g/mol. The van der Waals surface area contributed by atoms with Crippen molar-refractivity contribution >= 4 is 5.78 Å². The van der Waals surface area contributed by atoms with Gasteiger partial charge < -0.3 is 4.74 Å². The van der Waals surface area contributed by atoms with Crippen molar-refractivity contribution in [3.63, 3.8) is 0 Å². The molecule has 0 aromatic rings. The largest absolute Gasteiger partial charge is 0.370 e. The molecular formula is C13H24O2. The van der Waals surface area contributed by atoms with Crippen LogP contribution in [0.15, 0.2) is 0 Å². The molecule has 0 aliphatic heterocycles. The van der Waals surface area contributed by atoms with Crippen LogP contribution in [-0.2, 0) is 9.53 Å². The van der Waals surface area contributed by atoms with Crippen LogP contribution in [0.4, 0.5) is 0 Å². The second-order valence-corrected chi connectivity index (χ2v) is 5.39. The van der Waals surface area contributed by atoms with Crippen LogP contribution >= 0.6 is 0 Å². The Morgan fingerprint density at radius 2 is 2.00 bits per heavy atom. The Bertz CT molecular complexity index is 235. The molecule has 15 heavy (non-hydrogen) atoms. The van der Waals surface area contributed by atoms with Gasteiger partial charge in [-0.1, -0.05) is 27.2 Å². The maximum absolute atomic E-state index is 11.9. The number of carbonyl (C=O) groups is 1. The molecule has 2 heteroatoms. The van der Waals surface area contributed by atoms with E-state index in [0.29, 0.717) is 17.8 Å². The summed E-state index contributed by atoms with van der Waals surface area (Å²) >= 11 is 0. The van der Waals surface area contributed by atoms with Gasteiger partial charge in [-0.2, -0.15) is 0 Å². The summed E-state index contributed by atoms with van der Waals surface area (Å²) in [5.74, 6) is 1.71. The Morgan fingerprint density at radius 1 is 1.40 bits per heavy atom. The van der Waals surface area contributed by atoms with Gasteiger partial charge in [-0.15, -0.1) is 0 Å². The number of Topliss-reactive ketones (excluding diaryl/α,β-unsaturated/α-hetero) is 1. The SMILES string of the molecule is COC1(C(C)=O)CC(C)CCC1C(C)C. The van der Waals surface area contributed by atoms with Gasteiger partial charge >= 0.3 is 0 Å². The second-order valence-electron chi connectivity index (χ2n) is 5.39. The maximum atomic E-state index is 11.9. The van der Waals surface area contributed by atoms with E-state index in [2.05, 4.69) is 20.8 Å². The Morgan fingerprint density at radius 3 is 2.40 bits per heavy atom. The highest BCUT2D eigenvalue weighted by Crippen LogP contribution is 2.43. The zero-order valence-corrected chi connectivity index (χ0v) is 10.7. The molecule has 1 rings (SSSR count). The van der Waals surface area contributed by atoms with E-state index in [1.165, 1.54) is 6.42 Å². The minimum absolute atomic E-state index is 0.204. The van der Waals surface area contributed by atoms with E-state index in [9.17, 15) is 4.79 Å². The summed E-state index contributed by atoms with van der Waals surface area (Å²) in [6, 6.07) is 0. The first-order valence-corrected chi connectivity index (χ1v) is 6.00. The summed E-state index contributed by atoms with van der Waals surface area (Å²) in [7, 11) is 1.69. The molecule has 3 atom stereocenters. The van der Waals surface area contributed by atoms with Crippen molar-refractivity contribution in [3.05, 3.63) is 0 Å². The molecule has 3 unspecified atom stereocenters. The van der Waals surface area contributed by atoms with Crippen molar-refractivity contribution in [1.29, 1.82) is 0 Å². The predicted octanol–water partition coefficient (Wildman–Crippen LogP) is 3.05. The van der Waals surface area contributed by atoms with Crippen LogP contribution in [-0.4, -0.2) is 18.5 Å². The molecule has 0 heterocycles. The molecule has 1 saturated carbocycles. The average molecular weight is 212 g/mol. The Hall–Kier alpha value is -0.370. The average Bonchev–Trinajstić information content (AvgIpc) is 2.16. The first kappa shape index (κ1) is 12.7. The molecule has 88 valence electrons. The van der Waals surface area contributed by atoms with E-state index in [4.69, 9.17) is 4.74 Å². The zero-order valence-electron chi connectivity index (χ0n) is 10.7. The van der Waals surface area contributed by atoms with Crippen LogP contribution in [0.3, 0.4) is 0 Å². The van der Waals surface area contributed by atoms with E-state index in [1.54, 1.807) is 14.0 Å². The van der Waals surface area contributed by atoms with Gasteiger partial charge in [0.05, 0.1) is 0 Å². The van der Waals surface area contributed by atoms with Gasteiger partial charge in [-0.05, 0) is 37.5 Å². The summed E-state index contributed by atoms with van der Waals surface area (Å²) in [6.07, 6.45) is 3.23. The number of ether oxygens (including phenoxy) is 1. The van der Waals surface area contributed by atoms with Crippen LogP contribution in [0.2, 0.25) is 0 Å². The molecule has 1 fully saturated rings. The van der Waals surface area contributed by atoms with Crippen molar-refractivity contribution in [3.8, 4) is 0 Å². The third kappa shape index (κ3) is 2.25. The smallest absolute Gasteiger partial charge is 0.161 e. The molecule has 0 bridgehead atoms. The molecule has 1 aliphatic rings. The first-order chi connectivity index (χ1) is 6.94. The second kappa shape index (κ2) is 4.65. The van der Waals surface area contributed by atoms with Gasteiger partial charge in [-0.25, -0.2) is 0 Å². The molecule has 0 N–H and O–H groups in total. The van der Waals surface area contributed by atoms with Gasteiger partial charge in [0.1, 0.15) is 5.60 Å². The van der Waals surface area contributed by atoms with Gasteiger partial charge in [-0.3, -0.25) is 4.79 Å². The Labute approximate surface area is 93.4 Å². The zero-order chi connectivity index (χ0) is 11.6. The lowest BCUT2D eigenvalue weighted by atomic mass is 9.65. The Kier molecular flexibility index (Phi) is 3.93. The van der Waals surface area contributed by atoms with Gasteiger partial charge in [0.2, 0.25) is 0 Å². The molecule has 0 radical (unpaired) electrons. The normalized spacial score (nSPS) is 36.9. The number of hydrogen-bond acceptors (Lipinski definition) is 2. The molecule has 2 nitrogen and oxygen atoms in total. The fourth-order valence-electron chi connectivity index (χ4n) is 3.12. The lowest BCUT2D eigenvalue weighted by molar-refractivity contribution is -0.158. The highest BCUT2D eigenvalue weighted by atomic mass is 16.5. The van der Waals surface area contributed by atoms with Gasteiger partial charge in [0, 0.05) is 7.11 Å². The van der Waals surface area contributed by atoms with Crippen molar-refractivity contribution < 1.29 is 9.53 Å². The van der Waals surface area contributed by atoms with E-state index < -0.39 is 5.60 Å². The molecule has 0 amide bonds. The van der Waals surface area contributed by atoms with E-state index in [1.807, 2.05) is 0 Å². The van der Waals surface area contributed by atoms with E-state index in [-0.39, 0.29) is 5.78 Å². The lowest BCUT2D eigenvalue weighted by Crippen LogP contribution is -2.52. The quantitative estimate of drug-likeness (QED) is 0.718. The number of methoxy groups -OCH3 is 1. The van der Waals surface area contributed by atoms with Crippen LogP contribution in [0.1, 0.15) is 47.0 Å².